The molecular weight excluding hydrogens is 298 g/mol. The molecule has 0 atom stereocenters. The van der Waals surface area contributed by atoms with Crippen molar-refractivity contribution >= 4 is 22.8 Å². The van der Waals surface area contributed by atoms with Gasteiger partial charge in [-0.3, -0.25) is 14.2 Å². The number of hydrogen-bond donors (Lipinski definition) is 1. The first-order valence-electron chi connectivity index (χ1n) is 6.95. The molecule has 0 fully saturated rings. The predicted molar refractivity (Wildman–Crippen MR) is 85.3 cm³/mol. The maximum atomic E-state index is 12.5. The van der Waals surface area contributed by atoms with E-state index in [4.69, 9.17) is 0 Å². The standard InChI is InChI=1S/C15H15N5O3/c1-18-9-16-13-12(18)14(22)20(15(23)19(13)2)8-11(21)17-10-6-4-3-5-7-10/h3-7,9H,8H2,1-2H3,(H,17,21). The molecule has 0 aliphatic rings. The van der Waals surface area contributed by atoms with E-state index in [9.17, 15) is 14.4 Å². The van der Waals surface area contributed by atoms with Crippen LogP contribution in [-0.4, -0.2) is 24.6 Å². The first-order valence-corrected chi connectivity index (χ1v) is 6.95. The van der Waals surface area contributed by atoms with Crippen molar-refractivity contribution in [3.8, 4) is 0 Å². The minimum absolute atomic E-state index is 0.277. The van der Waals surface area contributed by atoms with E-state index in [-0.39, 0.29) is 12.1 Å². The fourth-order valence-electron chi connectivity index (χ4n) is 2.40. The van der Waals surface area contributed by atoms with E-state index in [1.807, 2.05) is 6.07 Å². The lowest BCUT2D eigenvalue weighted by Gasteiger charge is -2.09. The van der Waals surface area contributed by atoms with Crippen LogP contribution in [0.15, 0.2) is 46.2 Å². The molecular formula is C15H15N5O3. The summed E-state index contributed by atoms with van der Waals surface area (Å²) in [7, 11) is 3.18. The van der Waals surface area contributed by atoms with Crippen LogP contribution in [0, 0.1) is 0 Å². The van der Waals surface area contributed by atoms with Crippen molar-refractivity contribution in [2.45, 2.75) is 6.54 Å². The molecule has 118 valence electrons. The minimum Gasteiger partial charge on any atom is -0.328 e. The highest BCUT2D eigenvalue weighted by Gasteiger charge is 2.16. The molecule has 2 heterocycles. The van der Waals surface area contributed by atoms with E-state index < -0.39 is 17.2 Å². The summed E-state index contributed by atoms with van der Waals surface area (Å²) in [6, 6.07) is 8.84. The monoisotopic (exact) mass is 313 g/mol. The molecule has 0 saturated heterocycles. The number of fused-ring (bicyclic) bond motifs is 1. The average molecular weight is 313 g/mol. The number of amides is 1. The number of aromatic nitrogens is 4. The molecule has 1 N–H and O–H groups in total. The van der Waals surface area contributed by atoms with Gasteiger partial charge < -0.3 is 9.88 Å². The maximum absolute atomic E-state index is 12.5. The Hall–Kier alpha value is -3.16. The summed E-state index contributed by atoms with van der Waals surface area (Å²) in [6.07, 6.45) is 1.46. The van der Waals surface area contributed by atoms with Crippen molar-refractivity contribution in [3.05, 3.63) is 57.5 Å². The molecule has 0 aliphatic carbocycles. The van der Waals surface area contributed by atoms with Crippen molar-refractivity contribution in [3.63, 3.8) is 0 Å². The predicted octanol–water partition coefficient (Wildman–Crippen LogP) is 0.0724. The summed E-state index contributed by atoms with van der Waals surface area (Å²) in [4.78, 5) is 40.9. The van der Waals surface area contributed by atoms with Gasteiger partial charge in [-0.25, -0.2) is 14.3 Å². The van der Waals surface area contributed by atoms with Crippen LogP contribution in [0.3, 0.4) is 0 Å². The van der Waals surface area contributed by atoms with Crippen molar-refractivity contribution in [2.24, 2.45) is 14.1 Å². The van der Waals surface area contributed by atoms with Gasteiger partial charge in [0.25, 0.3) is 5.56 Å². The Bertz CT molecular complexity index is 998. The largest absolute Gasteiger partial charge is 0.332 e. The molecule has 8 heteroatoms. The van der Waals surface area contributed by atoms with E-state index in [1.54, 1.807) is 31.3 Å². The maximum Gasteiger partial charge on any atom is 0.332 e. The Balaban J connectivity index is 2.00. The van der Waals surface area contributed by atoms with Gasteiger partial charge in [0.1, 0.15) is 6.54 Å². The lowest BCUT2D eigenvalue weighted by atomic mass is 10.3. The molecule has 3 aromatic rings. The lowest BCUT2D eigenvalue weighted by Crippen LogP contribution is -2.42. The van der Waals surface area contributed by atoms with E-state index >= 15 is 0 Å². The molecule has 1 aromatic carbocycles. The van der Waals surface area contributed by atoms with E-state index in [2.05, 4.69) is 10.3 Å². The van der Waals surface area contributed by atoms with Gasteiger partial charge >= 0.3 is 5.69 Å². The third kappa shape index (κ3) is 2.54. The van der Waals surface area contributed by atoms with Crippen LogP contribution in [0.5, 0.6) is 0 Å². The second kappa shape index (κ2) is 5.56. The van der Waals surface area contributed by atoms with Gasteiger partial charge in [0, 0.05) is 19.8 Å². The molecule has 2 aromatic heterocycles. The summed E-state index contributed by atoms with van der Waals surface area (Å²) < 4.78 is 3.69. The van der Waals surface area contributed by atoms with Crippen LogP contribution in [0.1, 0.15) is 0 Å². The van der Waals surface area contributed by atoms with Gasteiger partial charge in [-0.15, -0.1) is 0 Å². The third-order valence-electron chi connectivity index (χ3n) is 3.56. The average Bonchev–Trinajstić information content (AvgIpc) is 2.92. The van der Waals surface area contributed by atoms with Crippen LogP contribution < -0.4 is 16.6 Å². The van der Waals surface area contributed by atoms with Crippen molar-refractivity contribution < 1.29 is 4.79 Å². The van der Waals surface area contributed by atoms with Gasteiger partial charge in [-0.05, 0) is 12.1 Å². The van der Waals surface area contributed by atoms with E-state index in [0.29, 0.717) is 11.3 Å². The zero-order chi connectivity index (χ0) is 16.6. The highest BCUT2D eigenvalue weighted by molar-refractivity contribution is 5.90. The number of anilines is 1. The topological polar surface area (TPSA) is 90.9 Å². The second-order valence-electron chi connectivity index (χ2n) is 5.17. The van der Waals surface area contributed by atoms with Gasteiger partial charge in [-0.1, -0.05) is 18.2 Å². The molecule has 0 spiro atoms. The van der Waals surface area contributed by atoms with Crippen LogP contribution >= 0.6 is 0 Å². The number of para-hydroxylation sites is 1. The van der Waals surface area contributed by atoms with Crippen molar-refractivity contribution in [2.75, 3.05) is 5.32 Å². The minimum atomic E-state index is -0.579. The molecule has 3 rings (SSSR count). The number of rotatable bonds is 3. The normalized spacial score (nSPS) is 10.9. The molecule has 8 nitrogen and oxygen atoms in total. The van der Waals surface area contributed by atoms with Gasteiger partial charge in [0.15, 0.2) is 11.2 Å². The summed E-state index contributed by atoms with van der Waals surface area (Å²) in [5, 5.41) is 2.65. The zero-order valence-electron chi connectivity index (χ0n) is 12.7. The molecule has 0 saturated carbocycles. The summed E-state index contributed by atoms with van der Waals surface area (Å²) >= 11 is 0. The summed E-state index contributed by atoms with van der Waals surface area (Å²) in [5.41, 5.74) is 0.0570. The number of nitrogens with one attached hydrogen (secondary N) is 1. The zero-order valence-corrected chi connectivity index (χ0v) is 12.7. The SMILES string of the molecule is Cn1cnc2c1c(=O)n(CC(=O)Nc1ccccc1)c(=O)n2C. The second-order valence-corrected chi connectivity index (χ2v) is 5.17. The van der Waals surface area contributed by atoms with Crippen LogP contribution in [0.4, 0.5) is 5.69 Å². The van der Waals surface area contributed by atoms with E-state index in [1.165, 1.54) is 22.5 Å². The van der Waals surface area contributed by atoms with Crippen LogP contribution in [0.25, 0.3) is 11.2 Å². The fourth-order valence-corrected chi connectivity index (χ4v) is 2.40. The molecule has 23 heavy (non-hydrogen) atoms. The third-order valence-corrected chi connectivity index (χ3v) is 3.56. The number of carbonyl (C=O) groups is 1. The first-order chi connectivity index (χ1) is 11.0. The van der Waals surface area contributed by atoms with E-state index in [0.717, 1.165) is 4.57 Å². The Labute approximate surface area is 130 Å². The highest BCUT2D eigenvalue weighted by Crippen LogP contribution is 2.05. The Morgan fingerprint density at radius 2 is 1.87 bits per heavy atom. The lowest BCUT2D eigenvalue weighted by molar-refractivity contribution is -0.116. The molecule has 1 amide bonds. The smallest absolute Gasteiger partial charge is 0.328 e. The number of hydrogen-bond acceptors (Lipinski definition) is 4. The Kier molecular flexibility index (Phi) is 3.57. The molecule has 0 unspecified atom stereocenters. The first kappa shape index (κ1) is 14.8. The fraction of sp³-hybridized carbons (Fsp3) is 0.200. The van der Waals surface area contributed by atoms with Gasteiger partial charge in [0.2, 0.25) is 5.91 Å². The number of benzene rings is 1. The van der Waals surface area contributed by atoms with Crippen LogP contribution in [0.2, 0.25) is 0 Å². The number of imidazole rings is 1. The number of aryl methyl sites for hydroxylation is 2. The molecule has 0 radical (unpaired) electrons. The number of nitrogens with zero attached hydrogens (tertiary/aromatic N) is 4. The Morgan fingerprint density at radius 3 is 2.57 bits per heavy atom. The van der Waals surface area contributed by atoms with Gasteiger partial charge in [0.05, 0.1) is 6.33 Å². The van der Waals surface area contributed by atoms with Crippen LogP contribution in [-0.2, 0) is 25.4 Å². The molecule has 0 bridgehead atoms. The quantitative estimate of drug-likeness (QED) is 0.741. The number of carbonyl (C=O) groups excluding carboxylic acids is 1. The van der Waals surface area contributed by atoms with Crippen molar-refractivity contribution in [1.29, 1.82) is 0 Å². The molecule has 0 aliphatic heterocycles. The highest BCUT2D eigenvalue weighted by atomic mass is 16.2. The summed E-state index contributed by atoms with van der Waals surface area (Å²) in [5.74, 6) is -0.447. The summed E-state index contributed by atoms with van der Waals surface area (Å²) in [6.45, 7) is -0.360. The Morgan fingerprint density at radius 1 is 1.17 bits per heavy atom. The van der Waals surface area contributed by atoms with Gasteiger partial charge in [-0.2, -0.15) is 0 Å². The van der Waals surface area contributed by atoms with Crippen molar-refractivity contribution in [1.82, 2.24) is 18.7 Å².